The van der Waals surface area contributed by atoms with Crippen LogP contribution in [-0.4, -0.2) is 37.6 Å². The predicted molar refractivity (Wildman–Crippen MR) is 119 cm³/mol. The lowest BCUT2D eigenvalue weighted by Gasteiger charge is -2.15. The molecule has 26 heavy (non-hydrogen) atoms. The van der Waals surface area contributed by atoms with Crippen molar-refractivity contribution >= 4 is 52.6 Å². The summed E-state index contributed by atoms with van der Waals surface area (Å²) in [4.78, 5) is 16.1. The van der Waals surface area contributed by atoms with E-state index < -0.39 is 0 Å². The highest BCUT2D eigenvalue weighted by Gasteiger charge is 2.11. The molecule has 2 rings (SSSR count). The summed E-state index contributed by atoms with van der Waals surface area (Å²) in [5, 5.41) is 22.6. The summed E-state index contributed by atoms with van der Waals surface area (Å²) in [6.45, 7) is 4.10. The van der Waals surface area contributed by atoms with Crippen molar-refractivity contribution in [1.29, 1.82) is 0 Å². The van der Waals surface area contributed by atoms with E-state index in [0.717, 1.165) is 6.54 Å². The SMILES string of the molecule is CN=C(NCCNc1ccccc1[N+](=O)[O-])NCC(C)c1cccs1.I. The first-order valence-corrected chi connectivity index (χ1v) is 8.95. The van der Waals surface area contributed by atoms with Crippen LogP contribution in [0.3, 0.4) is 0 Å². The smallest absolute Gasteiger partial charge is 0.292 e. The first kappa shape index (κ1) is 22.2. The molecule has 0 aliphatic heterocycles. The van der Waals surface area contributed by atoms with Crippen molar-refractivity contribution < 1.29 is 4.92 Å². The van der Waals surface area contributed by atoms with Gasteiger partial charge in [0.05, 0.1) is 4.92 Å². The highest BCUT2D eigenvalue weighted by Crippen LogP contribution is 2.22. The molecule has 1 atom stereocenters. The first-order valence-electron chi connectivity index (χ1n) is 8.07. The zero-order valence-electron chi connectivity index (χ0n) is 14.8. The summed E-state index contributed by atoms with van der Waals surface area (Å²) >= 11 is 1.75. The predicted octanol–water partition coefficient (Wildman–Crippen LogP) is 3.65. The third-order valence-electron chi connectivity index (χ3n) is 3.66. The van der Waals surface area contributed by atoms with Crippen LogP contribution in [0, 0.1) is 10.1 Å². The summed E-state index contributed by atoms with van der Waals surface area (Å²) in [6.07, 6.45) is 0. The van der Waals surface area contributed by atoms with E-state index in [4.69, 9.17) is 0 Å². The second-order valence-electron chi connectivity index (χ2n) is 5.50. The van der Waals surface area contributed by atoms with Gasteiger partial charge in [0.1, 0.15) is 5.69 Å². The average Bonchev–Trinajstić information content (AvgIpc) is 3.16. The molecule has 1 unspecified atom stereocenters. The van der Waals surface area contributed by atoms with E-state index in [-0.39, 0.29) is 34.6 Å². The van der Waals surface area contributed by atoms with Crippen LogP contribution < -0.4 is 16.0 Å². The number of aliphatic imine (C=N–C) groups is 1. The number of halogens is 1. The van der Waals surface area contributed by atoms with E-state index in [9.17, 15) is 10.1 Å². The van der Waals surface area contributed by atoms with E-state index in [2.05, 4.69) is 45.4 Å². The van der Waals surface area contributed by atoms with Crippen molar-refractivity contribution in [2.75, 3.05) is 32.0 Å². The molecule has 0 aliphatic rings. The number of rotatable bonds is 8. The lowest BCUT2D eigenvalue weighted by molar-refractivity contribution is -0.384. The maximum atomic E-state index is 11.0. The third kappa shape index (κ3) is 6.79. The minimum atomic E-state index is -0.387. The van der Waals surface area contributed by atoms with Gasteiger partial charge in [0.2, 0.25) is 0 Å². The van der Waals surface area contributed by atoms with Crippen LogP contribution in [0.15, 0.2) is 46.8 Å². The molecule has 0 fully saturated rings. The van der Waals surface area contributed by atoms with Gasteiger partial charge >= 0.3 is 0 Å². The number of hydrogen-bond donors (Lipinski definition) is 3. The Bertz CT molecular complexity index is 709. The second-order valence-corrected chi connectivity index (χ2v) is 6.48. The molecular weight excluding hydrogens is 465 g/mol. The van der Waals surface area contributed by atoms with Gasteiger partial charge in [-0.15, -0.1) is 35.3 Å². The lowest BCUT2D eigenvalue weighted by atomic mass is 10.1. The minimum absolute atomic E-state index is 0. The van der Waals surface area contributed by atoms with Crippen molar-refractivity contribution in [3.05, 3.63) is 56.8 Å². The second kappa shape index (κ2) is 11.7. The van der Waals surface area contributed by atoms with Crippen LogP contribution in [0.25, 0.3) is 0 Å². The van der Waals surface area contributed by atoms with Crippen molar-refractivity contribution in [1.82, 2.24) is 10.6 Å². The zero-order valence-corrected chi connectivity index (χ0v) is 17.9. The molecular formula is C17H24IN5O2S. The minimum Gasteiger partial charge on any atom is -0.378 e. The number of thiophene rings is 1. The number of nitrogens with one attached hydrogen (secondary N) is 3. The molecule has 7 nitrogen and oxygen atoms in total. The lowest BCUT2D eigenvalue weighted by Crippen LogP contribution is -2.40. The number of para-hydroxylation sites is 2. The number of anilines is 1. The van der Waals surface area contributed by atoms with E-state index in [0.29, 0.717) is 30.7 Å². The molecule has 142 valence electrons. The number of nitro benzene ring substituents is 1. The Kier molecular flexibility index (Phi) is 9.96. The van der Waals surface area contributed by atoms with Crippen molar-refractivity contribution in [2.45, 2.75) is 12.8 Å². The molecule has 0 spiro atoms. The zero-order chi connectivity index (χ0) is 18.1. The Morgan fingerprint density at radius 2 is 2.00 bits per heavy atom. The molecule has 0 bridgehead atoms. The summed E-state index contributed by atoms with van der Waals surface area (Å²) in [7, 11) is 1.72. The molecule has 1 aromatic heterocycles. The molecule has 2 aromatic rings. The van der Waals surface area contributed by atoms with Gasteiger partial charge in [-0.05, 0) is 17.5 Å². The van der Waals surface area contributed by atoms with E-state index >= 15 is 0 Å². The van der Waals surface area contributed by atoms with E-state index in [1.807, 2.05) is 0 Å². The average molecular weight is 489 g/mol. The molecule has 0 amide bonds. The summed E-state index contributed by atoms with van der Waals surface area (Å²) in [5.74, 6) is 1.12. The Morgan fingerprint density at radius 1 is 1.23 bits per heavy atom. The van der Waals surface area contributed by atoms with Gasteiger partial charge in [-0.2, -0.15) is 0 Å². The maximum Gasteiger partial charge on any atom is 0.292 e. The molecule has 9 heteroatoms. The van der Waals surface area contributed by atoms with Gasteiger partial charge in [-0.1, -0.05) is 25.1 Å². The third-order valence-corrected chi connectivity index (χ3v) is 4.77. The Balaban J connectivity index is 0.00000338. The topological polar surface area (TPSA) is 91.6 Å². The van der Waals surface area contributed by atoms with Gasteiger partial charge in [0.25, 0.3) is 5.69 Å². The summed E-state index contributed by atoms with van der Waals surface area (Å²) < 4.78 is 0. The molecule has 0 saturated carbocycles. The Labute approximate surface area is 174 Å². The van der Waals surface area contributed by atoms with Gasteiger partial charge in [-0.25, -0.2) is 0 Å². The Morgan fingerprint density at radius 3 is 2.65 bits per heavy atom. The molecule has 0 saturated heterocycles. The normalized spacial score (nSPS) is 12.0. The van der Waals surface area contributed by atoms with Gasteiger partial charge < -0.3 is 16.0 Å². The molecule has 3 N–H and O–H groups in total. The summed E-state index contributed by atoms with van der Waals surface area (Å²) in [5.41, 5.74) is 0.596. The maximum absolute atomic E-state index is 11.0. The van der Waals surface area contributed by atoms with Crippen molar-refractivity contribution in [3.8, 4) is 0 Å². The van der Waals surface area contributed by atoms with Crippen LogP contribution in [0.2, 0.25) is 0 Å². The number of nitrogens with zero attached hydrogens (tertiary/aromatic N) is 2. The number of nitro groups is 1. The molecule has 1 aromatic carbocycles. The number of hydrogen-bond acceptors (Lipinski definition) is 5. The number of benzene rings is 1. The first-order chi connectivity index (χ1) is 12.1. The van der Waals surface area contributed by atoms with Gasteiger partial charge in [0.15, 0.2) is 5.96 Å². The standard InChI is InChI=1S/C17H23N5O2S.HI/c1-13(16-8-5-11-25-16)12-21-17(18-2)20-10-9-19-14-6-3-4-7-15(14)22(23)24;/h3-8,11,13,19H,9-10,12H2,1-2H3,(H2,18,20,21);1H. The van der Waals surface area contributed by atoms with E-state index in [1.165, 1.54) is 10.9 Å². The molecule has 1 heterocycles. The fourth-order valence-corrected chi connectivity index (χ4v) is 3.09. The van der Waals surface area contributed by atoms with Crippen LogP contribution in [0.4, 0.5) is 11.4 Å². The fraction of sp³-hybridized carbons (Fsp3) is 0.353. The fourth-order valence-electron chi connectivity index (χ4n) is 2.30. The van der Waals surface area contributed by atoms with Crippen molar-refractivity contribution in [3.63, 3.8) is 0 Å². The highest BCUT2D eigenvalue weighted by atomic mass is 127. The highest BCUT2D eigenvalue weighted by molar-refractivity contribution is 14.0. The van der Waals surface area contributed by atoms with Crippen LogP contribution in [0.5, 0.6) is 0 Å². The van der Waals surface area contributed by atoms with Crippen LogP contribution in [0.1, 0.15) is 17.7 Å². The molecule has 0 radical (unpaired) electrons. The molecule has 0 aliphatic carbocycles. The van der Waals surface area contributed by atoms with Crippen LogP contribution >= 0.6 is 35.3 Å². The van der Waals surface area contributed by atoms with Gasteiger partial charge in [-0.3, -0.25) is 15.1 Å². The van der Waals surface area contributed by atoms with Crippen molar-refractivity contribution in [2.24, 2.45) is 4.99 Å². The largest absolute Gasteiger partial charge is 0.378 e. The summed E-state index contributed by atoms with van der Waals surface area (Å²) in [6, 6.07) is 10.8. The van der Waals surface area contributed by atoms with E-state index in [1.54, 1.807) is 36.6 Å². The quantitative estimate of drug-likeness (QED) is 0.132. The number of guanidine groups is 1. The monoisotopic (exact) mass is 489 g/mol. The Hall–Kier alpha value is -1.88. The van der Waals surface area contributed by atoms with Crippen LogP contribution in [-0.2, 0) is 0 Å². The van der Waals surface area contributed by atoms with Gasteiger partial charge in [0, 0.05) is 43.5 Å².